The molecule has 2 N–H and O–H groups in total. The fourth-order valence-electron chi connectivity index (χ4n) is 1.20. The van der Waals surface area contributed by atoms with Gasteiger partial charge in [-0.2, -0.15) is 8.78 Å². The molecular weight excluding hydrogens is 296 g/mol. The topological polar surface area (TPSA) is 41.5 Å². The van der Waals surface area contributed by atoms with Crippen LogP contribution in [-0.2, 0) is 6.54 Å². The first-order valence-electron chi connectivity index (χ1n) is 5.10. The van der Waals surface area contributed by atoms with Gasteiger partial charge in [-0.1, -0.05) is 6.07 Å². The van der Waals surface area contributed by atoms with Crippen LogP contribution in [0.15, 0.2) is 22.7 Å². The number of aliphatic hydroxyl groups is 1. The van der Waals surface area contributed by atoms with Crippen molar-refractivity contribution in [1.29, 1.82) is 0 Å². The molecule has 0 saturated heterocycles. The van der Waals surface area contributed by atoms with Crippen LogP contribution in [0, 0.1) is 0 Å². The molecule has 0 aromatic heterocycles. The molecule has 0 amide bonds. The van der Waals surface area contributed by atoms with E-state index in [2.05, 4.69) is 26.0 Å². The molecule has 96 valence electrons. The lowest BCUT2D eigenvalue weighted by Gasteiger charge is -2.12. The largest absolute Gasteiger partial charge is 0.434 e. The van der Waals surface area contributed by atoms with Crippen LogP contribution in [0.2, 0.25) is 0 Å². The van der Waals surface area contributed by atoms with Gasteiger partial charge in [0.25, 0.3) is 0 Å². The highest BCUT2D eigenvalue weighted by atomic mass is 79.9. The van der Waals surface area contributed by atoms with Crippen LogP contribution < -0.4 is 10.1 Å². The summed E-state index contributed by atoms with van der Waals surface area (Å²) in [4.78, 5) is 0. The number of hydrogen-bond donors (Lipinski definition) is 2. The first-order valence-corrected chi connectivity index (χ1v) is 5.89. The van der Waals surface area contributed by atoms with Crippen LogP contribution in [0.4, 0.5) is 8.78 Å². The molecule has 1 atom stereocenters. The van der Waals surface area contributed by atoms with E-state index in [1.807, 2.05) is 6.92 Å². The molecule has 0 aliphatic carbocycles. The molecular formula is C11H14BrF2NO2. The lowest BCUT2D eigenvalue weighted by Crippen LogP contribution is -2.28. The minimum Gasteiger partial charge on any atom is -0.434 e. The van der Waals surface area contributed by atoms with E-state index < -0.39 is 6.61 Å². The van der Waals surface area contributed by atoms with E-state index in [9.17, 15) is 8.78 Å². The van der Waals surface area contributed by atoms with Gasteiger partial charge in [0.1, 0.15) is 5.75 Å². The van der Waals surface area contributed by atoms with Crippen LogP contribution >= 0.6 is 15.9 Å². The van der Waals surface area contributed by atoms with E-state index in [-0.39, 0.29) is 18.4 Å². The lowest BCUT2D eigenvalue weighted by molar-refractivity contribution is -0.0503. The third-order valence-corrected chi connectivity index (χ3v) is 2.76. The Morgan fingerprint density at radius 3 is 2.71 bits per heavy atom. The molecule has 0 spiro atoms. The Bertz CT molecular complexity index is 363. The second-order valence-electron chi connectivity index (χ2n) is 3.61. The molecule has 0 bridgehead atoms. The van der Waals surface area contributed by atoms with Crippen molar-refractivity contribution in [3.63, 3.8) is 0 Å². The van der Waals surface area contributed by atoms with Crippen molar-refractivity contribution in [1.82, 2.24) is 5.32 Å². The molecule has 17 heavy (non-hydrogen) atoms. The Kier molecular flexibility index (Phi) is 5.80. The summed E-state index contributed by atoms with van der Waals surface area (Å²) in [6.45, 7) is -0.378. The van der Waals surface area contributed by atoms with Crippen molar-refractivity contribution in [3.05, 3.63) is 28.2 Å². The zero-order chi connectivity index (χ0) is 12.8. The highest BCUT2D eigenvalue weighted by Gasteiger charge is 2.08. The molecule has 6 heteroatoms. The van der Waals surface area contributed by atoms with E-state index in [0.29, 0.717) is 11.0 Å². The maximum Gasteiger partial charge on any atom is 0.387 e. The third kappa shape index (κ3) is 4.97. The number of ether oxygens (including phenoxy) is 1. The fourth-order valence-corrected chi connectivity index (χ4v) is 1.72. The second-order valence-corrected chi connectivity index (χ2v) is 4.46. The van der Waals surface area contributed by atoms with Gasteiger partial charge in [-0.25, -0.2) is 0 Å². The van der Waals surface area contributed by atoms with Gasteiger partial charge in [0, 0.05) is 12.6 Å². The second kappa shape index (κ2) is 6.88. The van der Waals surface area contributed by atoms with Crippen LogP contribution in [0.1, 0.15) is 12.5 Å². The van der Waals surface area contributed by atoms with Crippen LogP contribution in [0.5, 0.6) is 5.75 Å². The summed E-state index contributed by atoms with van der Waals surface area (Å²) >= 11 is 3.16. The zero-order valence-corrected chi connectivity index (χ0v) is 10.9. The molecule has 0 radical (unpaired) electrons. The van der Waals surface area contributed by atoms with Gasteiger partial charge >= 0.3 is 6.61 Å². The van der Waals surface area contributed by atoms with Gasteiger partial charge in [0.05, 0.1) is 11.1 Å². The fraction of sp³-hybridized carbons (Fsp3) is 0.455. The van der Waals surface area contributed by atoms with Gasteiger partial charge in [0.2, 0.25) is 0 Å². The first-order chi connectivity index (χ1) is 8.02. The summed E-state index contributed by atoms with van der Waals surface area (Å²) in [5.74, 6) is 0.110. The number of hydrogen-bond acceptors (Lipinski definition) is 3. The normalized spacial score (nSPS) is 12.8. The van der Waals surface area contributed by atoms with E-state index >= 15 is 0 Å². The Morgan fingerprint density at radius 1 is 1.47 bits per heavy atom. The van der Waals surface area contributed by atoms with Crippen molar-refractivity contribution in [2.75, 3.05) is 6.61 Å². The van der Waals surface area contributed by atoms with Crippen molar-refractivity contribution >= 4 is 15.9 Å². The molecule has 0 fully saturated rings. The number of aliphatic hydroxyl groups excluding tert-OH is 1. The Balaban J connectivity index is 2.62. The molecule has 1 unspecified atom stereocenters. The predicted molar refractivity (Wildman–Crippen MR) is 64.2 cm³/mol. The summed E-state index contributed by atoms with van der Waals surface area (Å²) in [5, 5.41) is 11.9. The maximum absolute atomic E-state index is 12.0. The van der Waals surface area contributed by atoms with E-state index in [4.69, 9.17) is 5.11 Å². The molecule has 0 aliphatic heterocycles. The van der Waals surface area contributed by atoms with Gasteiger partial charge in [0.15, 0.2) is 0 Å². The molecule has 1 rings (SSSR count). The summed E-state index contributed by atoms with van der Waals surface area (Å²) in [6, 6.07) is 4.87. The molecule has 1 aromatic rings. The summed E-state index contributed by atoms with van der Waals surface area (Å²) in [6.07, 6.45) is 0. The molecule has 3 nitrogen and oxygen atoms in total. The highest BCUT2D eigenvalue weighted by Crippen LogP contribution is 2.27. The number of rotatable bonds is 6. The molecule has 1 aromatic carbocycles. The summed E-state index contributed by atoms with van der Waals surface area (Å²) in [5.41, 5.74) is 0.916. The third-order valence-electron chi connectivity index (χ3n) is 2.14. The van der Waals surface area contributed by atoms with Crippen molar-refractivity contribution < 1.29 is 18.6 Å². The smallest absolute Gasteiger partial charge is 0.387 e. The van der Waals surface area contributed by atoms with Crippen molar-refractivity contribution in [2.24, 2.45) is 0 Å². The molecule has 0 aliphatic rings. The number of benzene rings is 1. The Labute approximate surface area is 107 Å². The predicted octanol–water partition coefficient (Wildman–Crippen LogP) is 2.52. The van der Waals surface area contributed by atoms with E-state index in [1.54, 1.807) is 12.1 Å². The van der Waals surface area contributed by atoms with Gasteiger partial charge in [-0.05, 0) is 40.5 Å². The van der Waals surface area contributed by atoms with E-state index in [0.717, 1.165) is 5.56 Å². The van der Waals surface area contributed by atoms with Crippen molar-refractivity contribution in [3.8, 4) is 5.75 Å². The monoisotopic (exact) mass is 309 g/mol. The zero-order valence-electron chi connectivity index (χ0n) is 9.29. The maximum atomic E-state index is 12.0. The Hall–Kier alpha value is -0.720. The summed E-state index contributed by atoms with van der Waals surface area (Å²) < 4.78 is 28.8. The number of halogens is 3. The summed E-state index contributed by atoms with van der Waals surface area (Å²) in [7, 11) is 0. The van der Waals surface area contributed by atoms with Crippen LogP contribution in [-0.4, -0.2) is 24.4 Å². The minimum absolute atomic E-state index is 0.00855. The number of alkyl halides is 2. The number of nitrogens with one attached hydrogen (secondary N) is 1. The average molecular weight is 310 g/mol. The molecule has 0 saturated carbocycles. The first kappa shape index (κ1) is 14.3. The lowest BCUT2D eigenvalue weighted by atomic mass is 10.2. The highest BCUT2D eigenvalue weighted by molar-refractivity contribution is 9.10. The average Bonchev–Trinajstić information content (AvgIpc) is 2.28. The van der Waals surface area contributed by atoms with Crippen LogP contribution in [0.3, 0.4) is 0 Å². The Morgan fingerprint density at radius 2 is 2.18 bits per heavy atom. The van der Waals surface area contributed by atoms with Gasteiger partial charge < -0.3 is 15.2 Å². The standard InChI is InChI=1S/C11H14BrF2NO2/c1-7(6-16)15-5-8-2-3-10(9(12)4-8)17-11(13)14/h2-4,7,11,15-16H,5-6H2,1H3. The molecule has 0 heterocycles. The quantitative estimate of drug-likeness (QED) is 0.848. The van der Waals surface area contributed by atoms with Gasteiger partial charge in [-0.3, -0.25) is 0 Å². The van der Waals surface area contributed by atoms with Crippen LogP contribution in [0.25, 0.3) is 0 Å². The SMILES string of the molecule is CC(CO)NCc1ccc(OC(F)F)c(Br)c1. The van der Waals surface area contributed by atoms with Crippen molar-refractivity contribution in [2.45, 2.75) is 26.1 Å². The minimum atomic E-state index is -2.83. The van der Waals surface area contributed by atoms with Gasteiger partial charge in [-0.15, -0.1) is 0 Å². The van der Waals surface area contributed by atoms with E-state index in [1.165, 1.54) is 6.07 Å².